The molecular formula is C8H10Cl2N4O. The summed E-state index contributed by atoms with van der Waals surface area (Å²) in [4.78, 5) is 11.1. The zero-order chi connectivity index (χ0) is 11.3. The number of nitrogens with one attached hydrogen (secondary N) is 2. The Labute approximate surface area is 97.2 Å². The van der Waals surface area contributed by atoms with Crippen LogP contribution in [0.3, 0.4) is 0 Å². The van der Waals surface area contributed by atoms with E-state index < -0.39 is 0 Å². The van der Waals surface area contributed by atoms with Crippen LogP contribution in [-0.2, 0) is 4.79 Å². The highest BCUT2D eigenvalue weighted by Crippen LogP contribution is 2.20. The van der Waals surface area contributed by atoms with Crippen molar-refractivity contribution < 1.29 is 4.79 Å². The van der Waals surface area contributed by atoms with E-state index in [1.165, 1.54) is 6.07 Å². The van der Waals surface area contributed by atoms with Gasteiger partial charge in [0.25, 0.3) is 0 Å². The van der Waals surface area contributed by atoms with Crippen molar-refractivity contribution in [3.63, 3.8) is 0 Å². The smallest absolute Gasteiger partial charge is 0.239 e. The summed E-state index contributed by atoms with van der Waals surface area (Å²) in [6, 6.07) is 1.51. The molecule has 0 unspecified atom stereocenters. The summed E-state index contributed by atoms with van der Waals surface area (Å²) in [5.74, 6) is -0.124. The number of anilines is 1. The fourth-order valence-electron chi connectivity index (χ4n) is 0.912. The second-order valence-electron chi connectivity index (χ2n) is 2.68. The van der Waals surface area contributed by atoms with Gasteiger partial charge >= 0.3 is 0 Å². The van der Waals surface area contributed by atoms with Crippen LogP contribution in [0, 0.1) is 0 Å². The number of halogens is 2. The number of rotatable bonds is 4. The predicted octanol–water partition coefficient (Wildman–Crippen LogP) is 1.33. The van der Waals surface area contributed by atoms with E-state index in [4.69, 9.17) is 23.2 Å². The molecule has 1 aromatic heterocycles. The molecule has 1 aromatic rings. The first-order valence-electron chi connectivity index (χ1n) is 4.32. The van der Waals surface area contributed by atoms with E-state index in [1.807, 2.05) is 6.92 Å². The third-order valence-corrected chi connectivity index (χ3v) is 2.00. The maximum atomic E-state index is 11.1. The van der Waals surface area contributed by atoms with Crippen LogP contribution in [0.1, 0.15) is 6.92 Å². The number of hydrogen-bond acceptors (Lipinski definition) is 4. The van der Waals surface area contributed by atoms with Gasteiger partial charge in [0, 0.05) is 12.6 Å². The Morgan fingerprint density at radius 1 is 1.47 bits per heavy atom. The first-order chi connectivity index (χ1) is 7.13. The van der Waals surface area contributed by atoms with Gasteiger partial charge in [-0.2, -0.15) is 0 Å². The van der Waals surface area contributed by atoms with Crippen LogP contribution >= 0.6 is 23.2 Å². The summed E-state index contributed by atoms with van der Waals surface area (Å²) in [5.41, 5.74) is 0.489. The highest BCUT2D eigenvalue weighted by Gasteiger charge is 2.05. The molecular weight excluding hydrogens is 239 g/mol. The lowest BCUT2D eigenvalue weighted by Gasteiger charge is -2.06. The molecule has 0 saturated heterocycles. The number of hydrogen-bond donors (Lipinski definition) is 2. The molecule has 2 N–H and O–H groups in total. The summed E-state index contributed by atoms with van der Waals surface area (Å²) in [6.45, 7) is 2.55. The number of carbonyl (C=O) groups excluding carboxylic acids is 1. The molecule has 0 aromatic carbocycles. The molecule has 5 nitrogen and oxygen atoms in total. The van der Waals surface area contributed by atoms with Gasteiger partial charge in [-0.15, -0.1) is 10.2 Å². The van der Waals surface area contributed by atoms with E-state index in [0.29, 0.717) is 12.2 Å². The van der Waals surface area contributed by atoms with Gasteiger partial charge in [-0.25, -0.2) is 0 Å². The van der Waals surface area contributed by atoms with Crippen LogP contribution in [0.5, 0.6) is 0 Å². The minimum Gasteiger partial charge on any atom is -0.374 e. The third kappa shape index (κ3) is 3.89. The number of aromatic nitrogens is 2. The van der Waals surface area contributed by atoms with E-state index >= 15 is 0 Å². The van der Waals surface area contributed by atoms with Gasteiger partial charge in [0.2, 0.25) is 5.91 Å². The quantitative estimate of drug-likeness (QED) is 0.844. The lowest BCUT2D eigenvalue weighted by molar-refractivity contribution is -0.119. The largest absolute Gasteiger partial charge is 0.374 e. The second kappa shape index (κ2) is 5.72. The number of likely N-dealkylation sites (N-methyl/N-ethyl adjacent to an activating group) is 1. The Kier molecular flexibility index (Phi) is 4.58. The normalized spacial score (nSPS) is 9.80. The molecule has 0 fully saturated rings. The summed E-state index contributed by atoms with van der Waals surface area (Å²) >= 11 is 11.4. The minimum atomic E-state index is -0.124. The van der Waals surface area contributed by atoms with Crippen molar-refractivity contribution in [3.05, 3.63) is 16.4 Å². The molecule has 15 heavy (non-hydrogen) atoms. The molecule has 1 heterocycles. The first-order valence-corrected chi connectivity index (χ1v) is 5.08. The maximum Gasteiger partial charge on any atom is 0.239 e. The topological polar surface area (TPSA) is 66.9 Å². The Balaban J connectivity index is 2.57. The summed E-state index contributed by atoms with van der Waals surface area (Å²) < 4.78 is 0. The zero-order valence-electron chi connectivity index (χ0n) is 8.05. The van der Waals surface area contributed by atoms with Crippen molar-refractivity contribution >= 4 is 34.8 Å². The molecule has 0 atom stereocenters. The van der Waals surface area contributed by atoms with E-state index in [-0.39, 0.29) is 22.8 Å². The fourth-order valence-corrected chi connectivity index (χ4v) is 1.22. The van der Waals surface area contributed by atoms with E-state index in [0.717, 1.165) is 0 Å². The van der Waals surface area contributed by atoms with Crippen LogP contribution in [-0.4, -0.2) is 29.2 Å². The van der Waals surface area contributed by atoms with Crippen molar-refractivity contribution in [2.45, 2.75) is 6.92 Å². The number of carbonyl (C=O) groups is 1. The van der Waals surface area contributed by atoms with Crippen molar-refractivity contribution in [1.82, 2.24) is 15.5 Å². The zero-order valence-corrected chi connectivity index (χ0v) is 9.56. The average molecular weight is 249 g/mol. The molecule has 0 radical (unpaired) electrons. The van der Waals surface area contributed by atoms with Gasteiger partial charge < -0.3 is 10.6 Å². The van der Waals surface area contributed by atoms with Crippen LogP contribution in [0.4, 0.5) is 5.69 Å². The predicted molar refractivity (Wildman–Crippen MR) is 59.2 cm³/mol. The summed E-state index contributed by atoms with van der Waals surface area (Å²) in [7, 11) is 0. The molecule has 0 aliphatic rings. The Morgan fingerprint density at radius 3 is 2.87 bits per heavy atom. The molecule has 1 amide bonds. The second-order valence-corrected chi connectivity index (χ2v) is 3.42. The first kappa shape index (κ1) is 12.0. The molecule has 0 aliphatic heterocycles. The summed E-state index contributed by atoms with van der Waals surface area (Å²) in [5, 5.41) is 13.0. The van der Waals surface area contributed by atoms with E-state index in [1.54, 1.807) is 0 Å². The fraction of sp³-hybridized carbons (Fsp3) is 0.375. The molecule has 0 spiro atoms. The Hall–Kier alpha value is -1.07. The number of nitrogens with zero attached hydrogens (tertiary/aromatic N) is 2. The molecule has 0 bridgehead atoms. The van der Waals surface area contributed by atoms with Gasteiger partial charge in [-0.05, 0) is 6.92 Å². The standard InChI is InChI=1S/C8H10Cl2N4O/c1-2-11-7(15)4-12-5-3-6(9)13-14-8(5)10/h3H,2,4H2,1H3,(H,11,15)(H,12,13). The number of amides is 1. The maximum absolute atomic E-state index is 11.1. The van der Waals surface area contributed by atoms with Gasteiger partial charge in [-0.1, -0.05) is 23.2 Å². The van der Waals surface area contributed by atoms with Crippen LogP contribution < -0.4 is 10.6 Å². The third-order valence-electron chi connectivity index (χ3n) is 1.53. The Bertz CT molecular complexity index is 358. The van der Waals surface area contributed by atoms with Gasteiger partial charge in [0.15, 0.2) is 10.3 Å². The van der Waals surface area contributed by atoms with Crippen molar-refractivity contribution in [2.75, 3.05) is 18.4 Å². The SMILES string of the molecule is CCNC(=O)CNc1cc(Cl)nnc1Cl. The van der Waals surface area contributed by atoms with Gasteiger partial charge in [0.1, 0.15) is 0 Å². The lowest BCUT2D eigenvalue weighted by atomic mass is 10.4. The van der Waals surface area contributed by atoms with Crippen molar-refractivity contribution in [1.29, 1.82) is 0 Å². The molecule has 0 aliphatic carbocycles. The molecule has 82 valence electrons. The molecule has 1 rings (SSSR count). The van der Waals surface area contributed by atoms with Crippen molar-refractivity contribution in [2.24, 2.45) is 0 Å². The highest BCUT2D eigenvalue weighted by molar-refractivity contribution is 6.33. The van der Waals surface area contributed by atoms with Gasteiger partial charge in [-0.3, -0.25) is 4.79 Å². The van der Waals surface area contributed by atoms with Crippen LogP contribution in [0.15, 0.2) is 6.07 Å². The van der Waals surface area contributed by atoms with Crippen molar-refractivity contribution in [3.8, 4) is 0 Å². The van der Waals surface area contributed by atoms with E-state index in [2.05, 4.69) is 20.8 Å². The van der Waals surface area contributed by atoms with Gasteiger partial charge in [0.05, 0.1) is 12.2 Å². The highest BCUT2D eigenvalue weighted by atomic mass is 35.5. The molecule has 0 saturated carbocycles. The lowest BCUT2D eigenvalue weighted by Crippen LogP contribution is -2.29. The summed E-state index contributed by atoms with van der Waals surface area (Å²) in [6.07, 6.45) is 0. The van der Waals surface area contributed by atoms with Crippen LogP contribution in [0.25, 0.3) is 0 Å². The monoisotopic (exact) mass is 248 g/mol. The average Bonchev–Trinajstić information content (AvgIpc) is 2.20. The minimum absolute atomic E-state index is 0.121. The Morgan fingerprint density at radius 2 is 2.20 bits per heavy atom. The van der Waals surface area contributed by atoms with Crippen LogP contribution in [0.2, 0.25) is 10.3 Å². The van der Waals surface area contributed by atoms with E-state index in [9.17, 15) is 4.79 Å². The molecule has 7 heteroatoms.